The highest BCUT2D eigenvalue weighted by Gasteiger charge is 1.95. The van der Waals surface area contributed by atoms with Gasteiger partial charge in [-0.2, -0.15) is 0 Å². The van der Waals surface area contributed by atoms with Gasteiger partial charge in [-0.25, -0.2) is 4.21 Å². The largest absolute Gasteiger partial charge is 0.299 e. The molecule has 34 valence electrons. The molecule has 0 rings (SSSR count). The van der Waals surface area contributed by atoms with E-state index in [0.717, 1.165) is 0 Å². The molecule has 0 aliphatic rings. The molecule has 1 unspecified atom stereocenters. The summed E-state index contributed by atoms with van der Waals surface area (Å²) in [6.07, 6.45) is 0. The number of allylic oxidation sites excluding steroid dienone is 1. The number of rotatable bonds is 1. The minimum atomic E-state index is -1.92. The fourth-order valence-electron chi connectivity index (χ4n) is 0. The van der Waals surface area contributed by atoms with Crippen LogP contribution >= 0.6 is 0 Å². The zero-order valence-electron chi connectivity index (χ0n) is 3.18. The quantitative estimate of drug-likeness (QED) is 0.390. The molecule has 6 heavy (non-hydrogen) atoms. The van der Waals surface area contributed by atoms with Gasteiger partial charge in [0.25, 0.3) is 0 Å². The maximum Gasteiger partial charge on any atom is 0.227 e. The normalized spacial score (nSPS) is 13.5. The lowest BCUT2D eigenvalue weighted by atomic mass is 10.8. The van der Waals surface area contributed by atoms with Crippen LogP contribution < -0.4 is 0 Å². The van der Waals surface area contributed by atoms with Crippen molar-refractivity contribution in [3.8, 4) is 0 Å². The second-order valence-electron chi connectivity index (χ2n) is 0.788. The first-order chi connectivity index (χ1) is 2.64. The van der Waals surface area contributed by atoms with Gasteiger partial charge in [0.2, 0.25) is 16.0 Å². The number of hydrogen-bond donors (Lipinski definition) is 1. The van der Waals surface area contributed by atoms with Gasteiger partial charge in [0.05, 0.1) is 0 Å². The summed E-state index contributed by atoms with van der Waals surface area (Å²) < 4.78 is 17.6. The van der Waals surface area contributed by atoms with Gasteiger partial charge in [-0.05, 0) is 0 Å². The van der Waals surface area contributed by atoms with E-state index in [9.17, 15) is 4.21 Å². The molecule has 0 fully saturated rings. The van der Waals surface area contributed by atoms with Gasteiger partial charge in [-0.3, -0.25) is 4.55 Å². The Morgan fingerprint density at radius 2 is 2.17 bits per heavy atom. The highest BCUT2D eigenvalue weighted by Crippen LogP contribution is 1.86. The maximum atomic E-state index is 9.65. The molecule has 1 atom stereocenters. The minimum absolute atomic E-state index is 0.0370. The molecule has 0 amide bonds. The average molecular weight is 105 g/mol. The SMILES string of the molecule is C=C([CH2+])S(=O)O. The third-order valence-electron chi connectivity index (χ3n) is 0.247. The minimum Gasteiger partial charge on any atom is -0.299 e. The lowest BCUT2D eigenvalue weighted by Gasteiger charge is -1.72. The van der Waals surface area contributed by atoms with Crippen LogP contribution in [0.3, 0.4) is 0 Å². The van der Waals surface area contributed by atoms with Crippen molar-refractivity contribution in [2.45, 2.75) is 0 Å². The highest BCUT2D eigenvalue weighted by atomic mass is 32.2. The van der Waals surface area contributed by atoms with Gasteiger partial charge in [0, 0.05) is 13.5 Å². The Morgan fingerprint density at radius 1 is 2.00 bits per heavy atom. The molecule has 2 nitrogen and oxygen atoms in total. The molecule has 1 N–H and O–H groups in total. The second-order valence-corrected chi connectivity index (χ2v) is 1.86. The Hall–Kier alpha value is -0.280. The number of hydrogen-bond acceptors (Lipinski definition) is 1. The summed E-state index contributed by atoms with van der Waals surface area (Å²) in [6.45, 7) is 6.19. The summed E-state index contributed by atoms with van der Waals surface area (Å²) in [5.41, 5.74) is 0. The Balaban J connectivity index is 3.57. The molecule has 0 aromatic heterocycles. The first-order valence-corrected chi connectivity index (χ1v) is 2.37. The predicted octanol–water partition coefficient (Wildman–Crippen LogP) is 0.556. The van der Waals surface area contributed by atoms with Crippen LogP contribution in [0.25, 0.3) is 0 Å². The second kappa shape index (κ2) is 2.00. The van der Waals surface area contributed by atoms with Crippen LogP contribution in [0.15, 0.2) is 11.5 Å². The van der Waals surface area contributed by atoms with Crippen molar-refractivity contribution in [1.82, 2.24) is 0 Å². The molecule has 0 aromatic carbocycles. The molecule has 3 heteroatoms. The van der Waals surface area contributed by atoms with Crippen LogP contribution in [0.5, 0.6) is 0 Å². The van der Waals surface area contributed by atoms with E-state index in [-0.39, 0.29) is 4.91 Å². The predicted molar refractivity (Wildman–Crippen MR) is 25.3 cm³/mol. The third kappa shape index (κ3) is 1.99. The molecular formula is C3H5O2S+. The van der Waals surface area contributed by atoms with E-state index >= 15 is 0 Å². The first-order valence-electron chi connectivity index (χ1n) is 1.26. The third-order valence-corrected chi connectivity index (χ3v) is 0.741. The molecule has 0 aromatic rings. The van der Waals surface area contributed by atoms with Gasteiger partial charge >= 0.3 is 0 Å². The molecule has 0 bridgehead atoms. The van der Waals surface area contributed by atoms with E-state index in [4.69, 9.17) is 4.55 Å². The summed E-state index contributed by atoms with van der Waals surface area (Å²) in [7, 11) is 0. The van der Waals surface area contributed by atoms with E-state index in [0.29, 0.717) is 0 Å². The van der Waals surface area contributed by atoms with Crippen LogP contribution in [0.2, 0.25) is 0 Å². The summed E-state index contributed by atoms with van der Waals surface area (Å²) >= 11 is -1.92. The van der Waals surface area contributed by atoms with Crippen LogP contribution in [-0.2, 0) is 11.1 Å². The fourth-order valence-corrected chi connectivity index (χ4v) is 0. The summed E-state index contributed by atoms with van der Waals surface area (Å²) in [5.74, 6) is 0. The lowest BCUT2D eigenvalue weighted by molar-refractivity contribution is 0.572. The molecule has 0 saturated heterocycles. The Kier molecular flexibility index (Phi) is 1.90. The zero-order chi connectivity index (χ0) is 5.15. The molecule has 0 spiro atoms. The zero-order valence-corrected chi connectivity index (χ0v) is 3.99. The molecular weight excluding hydrogens is 100 g/mol. The summed E-state index contributed by atoms with van der Waals surface area (Å²) in [5, 5.41) is 0. The molecule has 0 heterocycles. The van der Waals surface area contributed by atoms with Gasteiger partial charge < -0.3 is 0 Å². The van der Waals surface area contributed by atoms with Crippen molar-refractivity contribution >= 4 is 11.1 Å². The van der Waals surface area contributed by atoms with Crippen molar-refractivity contribution in [3.05, 3.63) is 18.4 Å². The van der Waals surface area contributed by atoms with Crippen molar-refractivity contribution < 1.29 is 8.76 Å². The van der Waals surface area contributed by atoms with Crippen molar-refractivity contribution in [3.63, 3.8) is 0 Å². The van der Waals surface area contributed by atoms with E-state index in [1.807, 2.05) is 0 Å². The average Bonchev–Trinajstić information content (AvgIpc) is 1.36. The Labute approximate surface area is 39.2 Å². The van der Waals surface area contributed by atoms with Crippen LogP contribution in [-0.4, -0.2) is 8.76 Å². The standard InChI is InChI=1S/C3H4O2S/c1-3(2)6(4)5/h1-2H2/p+1. The molecule has 0 aliphatic heterocycles. The van der Waals surface area contributed by atoms with Crippen molar-refractivity contribution in [2.75, 3.05) is 0 Å². The van der Waals surface area contributed by atoms with Crippen molar-refractivity contribution in [1.29, 1.82) is 0 Å². The van der Waals surface area contributed by atoms with Crippen LogP contribution in [0, 0.1) is 6.92 Å². The van der Waals surface area contributed by atoms with E-state index < -0.39 is 11.1 Å². The van der Waals surface area contributed by atoms with Gasteiger partial charge in [0.1, 0.15) is 0 Å². The lowest BCUT2D eigenvalue weighted by Crippen LogP contribution is -1.82. The van der Waals surface area contributed by atoms with Gasteiger partial charge in [0.15, 0.2) is 0 Å². The van der Waals surface area contributed by atoms with Crippen LogP contribution in [0.1, 0.15) is 0 Å². The van der Waals surface area contributed by atoms with Crippen molar-refractivity contribution in [2.24, 2.45) is 0 Å². The Morgan fingerprint density at radius 3 is 2.17 bits per heavy atom. The monoisotopic (exact) mass is 105 g/mol. The topological polar surface area (TPSA) is 37.3 Å². The van der Waals surface area contributed by atoms with E-state index in [1.165, 1.54) is 0 Å². The van der Waals surface area contributed by atoms with Gasteiger partial charge in [-0.1, -0.05) is 0 Å². The maximum absolute atomic E-state index is 9.65. The fraction of sp³-hybridized carbons (Fsp3) is 0. The highest BCUT2D eigenvalue weighted by molar-refractivity contribution is 7.83. The van der Waals surface area contributed by atoms with Crippen LogP contribution in [0.4, 0.5) is 0 Å². The molecule has 0 radical (unpaired) electrons. The van der Waals surface area contributed by atoms with Gasteiger partial charge in [-0.15, -0.1) is 0 Å². The smallest absolute Gasteiger partial charge is 0.227 e. The van der Waals surface area contributed by atoms with E-state index in [2.05, 4.69) is 13.5 Å². The first kappa shape index (κ1) is 5.72. The summed E-state index contributed by atoms with van der Waals surface area (Å²) in [6, 6.07) is 0. The molecule has 0 saturated carbocycles. The Bertz CT molecular complexity index is 74.8. The van der Waals surface area contributed by atoms with E-state index in [1.54, 1.807) is 0 Å². The summed E-state index contributed by atoms with van der Waals surface area (Å²) in [4.78, 5) is 0.0370. The molecule has 0 aliphatic carbocycles.